The van der Waals surface area contributed by atoms with Gasteiger partial charge in [0.25, 0.3) is 11.8 Å². The van der Waals surface area contributed by atoms with Crippen LogP contribution in [-0.2, 0) is 4.79 Å². The highest BCUT2D eigenvalue weighted by molar-refractivity contribution is 6.07. The molecule has 0 aliphatic rings. The van der Waals surface area contributed by atoms with Crippen LogP contribution in [0.1, 0.15) is 15.9 Å². The third kappa shape index (κ3) is 5.79. The van der Waals surface area contributed by atoms with Crippen molar-refractivity contribution in [3.8, 4) is 17.2 Å². The van der Waals surface area contributed by atoms with Crippen LogP contribution in [0.15, 0.2) is 90.0 Å². The first kappa shape index (κ1) is 24.3. The summed E-state index contributed by atoms with van der Waals surface area (Å²) in [5.74, 6) is 0.716. The minimum atomic E-state index is -0.344. The molecule has 0 bridgehead atoms. The lowest BCUT2D eigenvalue weighted by atomic mass is 10.0. The smallest absolute Gasteiger partial charge is 0.271 e. The summed E-state index contributed by atoms with van der Waals surface area (Å²) in [6, 6.07) is 25.4. The molecule has 4 rings (SSSR count). The number of methoxy groups -OCH3 is 2. The van der Waals surface area contributed by atoms with E-state index in [9.17, 15) is 9.59 Å². The van der Waals surface area contributed by atoms with Gasteiger partial charge in [0.15, 0.2) is 18.1 Å². The number of ether oxygens (including phenoxy) is 3. The zero-order valence-corrected chi connectivity index (χ0v) is 19.9. The Balaban J connectivity index is 1.37. The predicted molar refractivity (Wildman–Crippen MR) is 139 cm³/mol. The molecule has 0 aliphatic carbocycles. The molecule has 0 saturated carbocycles. The van der Waals surface area contributed by atoms with Crippen molar-refractivity contribution in [2.24, 2.45) is 5.10 Å². The minimum absolute atomic E-state index is 0.219. The summed E-state index contributed by atoms with van der Waals surface area (Å²) in [6.45, 7) is -0.219. The van der Waals surface area contributed by atoms with Crippen LogP contribution in [0.2, 0.25) is 0 Å². The molecule has 36 heavy (non-hydrogen) atoms. The van der Waals surface area contributed by atoms with Crippen LogP contribution in [0.5, 0.6) is 17.2 Å². The molecule has 0 heterocycles. The highest BCUT2D eigenvalue weighted by Gasteiger charge is 2.11. The van der Waals surface area contributed by atoms with Gasteiger partial charge in [-0.2, -0.15) is 5.10 Å². The average molecular weight is 484 g/mol. The molecule has 0 spiro atoms. The van der Waals surface area contributed by atoms with E-state index < -0.39 is 0 Å². The van der Waals surface area contributed by atoms with Gasteiger partial charge in [-0.1, -0.05) is 48.5 Å². The second-order valence-corrected chi connectivity index (χ2v) is 7.67. The molecular formula is C28H25N3O5. The highest BCUT2D eigenvalue weighted by Crippen LogP contribution is 2.28. The van der Waals surface area contributed by atoms with E-state index in [-0.39, 0.29) is 18.4 Å². The van der Waals surface area contributed by atoms with Crippen molar-refractivity contribution in [3.63, 3.8) is 0 Å². The molecule has 0 radical (unpaired) electrons. The molecule has 0 aliphatic heterocycles. The Morgan fingerprint density at radius 2 is 1.58 bits per heavy atom. The first-order valence-corrected chi connectivity index (χ1v) is 11.1. The van der Waals surface area contributed by atoms with Gasteiger partial charge in [-0.25, -0.2) is 5.43 Å². The Hall–Kier alpha value is -4.85. The molecule has 0 aromatic heterocycles. The van der Waals surface area contributed by atoms with Crippen molar-refractivity contribution in [1.82, 2.24) is 5.43 Å². The van der Waals surface area contributed by atoms with Crippen molar-refractivity contribution in [1.29, 1.82) is 0 Å². The van der Waals surface area contributed by atoms with Crippen molar-refractivity contribution in [3.05, 3.63) is 96.1 Å². The van der Waals surface area contributed by atoms with Crippen LogP contribution < -0.4 is 25.0 Å². The van der Waals surface area contributed by atoms with Crippen LogP contribution in [0.3, 0.4) is 0 Å². The number of carbonyl (C=O) groups excluding carboxylic acids is 2. The van der Waals surface area contributed by atoms with Crippen molar-refractivity contribution in [2.75, 3.05) is 26.1 Å². The number of hydrazone groups is 1. The quantitative estimate of drug-likeness (QED) is 0.267. The maximum absolute atomic E-state index is 12.6. The molecule has 4 aromatic rings. The number of para-hydroxylation sites is 2. The molecule has 2 N–H and O–H groups in total. The molecule has 8 heteroatoms. The molecule has 0 unspecified atom stereocenters. The molecule has 0 saturated heterocycles. The van der Waals surface area contributed by atoms with Gasteiger partial charge in [0, 0.05) is 5.56 Å². The summed E-state index contributed by atoms with van der Waals surface area (Å²) in [5.41, 5.74) is 4.33. The largest absolute Gasteiger partial charge is 0.495 e. The number of rotatable bonds is 9. The Bertz CT molecular complexity index is 1410. The minimum Gasteiger partial charge on any atom is -0.495 e. The first-order valence-electron chi connectivity index (χ1n) is 11.1. The fourth-order valence-corrected chi connectivity index (χ4v) is 3.61. The number of nitrogens with zero attached hydrogens (tertiary/aromatic N) is 1. The molecule has 182 valence electrons. The summed E-state index contributed by atoms with van der Waals surface area (Å²) in [7, 11) is 3.03. The first-order chi connectivity index (χ1) is 17.6. The molecule has 8 nitrogen and oxygen atoms in total. The van der Waals surface area contributed by atoms with Gasteiger partial charge >= 0.3 is 0 Å². The third-order valence-electron chi connectivity index (χ3n) is 5.34. The second-order valence-electron chi connectivity index (χ2n) is 7.67. The van der Waals surface area contributed by atoms with E-state index >= 15 is 0 Å². The van der Waals surface area contributed by atoms with E-state index in [4.69, 9.17) is 14.2 Å². The Morgan fingerprint density at radius 3 is 2.42 bits per heavy atom. The summed E-state index contributed by atoms with van der Waals surface area (Å²) >= 11 is 0. The van der Waals surface area contributed by atoms with E-state index in [1.807, 2.05) is 42.5 Å². The summed E-state index contributed by atoms with van der Waals surface area (Å²) in [6.07, 6.45) is 1.50. The van der Waals surface area contributed by atoms with Crippen LogP contribution in [-0.4, -0.2) is 38.9 Å². The number of anilines is 1. The molecule has 4 aromatic carbocycles. The fourth-order valence-electron chi connectivity index (χ4n) is 3.61. The summed E-state index contributed by atoms with van der Waals surface area (Å²) < 4.78 is 16.3. The predicted octanol–water partition coefficient (Wildman–Crippen LogP) is 4.64. The number of benzene rings is 4. The molecule has 0 fully saturated rings. The van der Waals surface area contributed by atoms with Gasteiger partial charge in [-0.15, -0.1) is 0 Å². The van der Waals surface area contributed by atoms with Crippen molar-refractivity contribution < 1.29 is 23.8 Å². The van der Waals surface area contributed by atoms with Crippen LogP contribution in [0, 0.1) is 0 Å². The van der Waals surface area contributed by atoms with E-state index in [1.54, 1.807) is 42.5 Å². The zero-order chi connectivity index (χ0) is 25.3. The lowest BCUT2D eigenvalue weighted by molar-refractivity contribution is -0.118. The highest BCUT2D eigenvalue weighted by atomic mass is 16.5. The van der Waals surface area contributed by atoms with Gasteiger partial charge < -0.3 is 19.5 Å². The molecule has 0 atom stereocenters. The van der Waals surface area contributed by atoms with Crippen molar-refractivity contribution >= 4 is 34.5 Å². The number of carbonyl (C=O) groups is 2. The lowest BCUT2D eigenvalue weighted by Crippen LogP contribution is -2.20. The Morgan fingerprint density at radius 1 is 0.833 bits per heavy atom. The average Bonchev–Trinajstić information content (AvgIpc) is 2.92. The summed E-state index contributed by atoms with van der Waals surface area (Å²) in [4.78, 5) is 25.0. The van der Waals surface area contributed by atoms with Crippen molar-refractivity contribution in [2.45, 2.75) is 0 Å². The number of amides is 2. The monoisotopic (exact) mass is 483 g/mol. The topological polar surface area (TPSA) is 98.3 Å². The van der Waals surface area contributed by atoms with E-state index in [0.29, 0.717) is 34.1 Å². The van der Waals surface area contributed by atoms with E-state index in [2.05, 4.69) is 15.8 Å². The van der Waals surface area contributed by atoms with Gasteiger partial charge in [0.2, 0.25) is 0 Å². The number of fused-ring (bicyclic) bond motifs is 1. The number of hydrogen-bond donors (Lipinski definition) is 2. The van der Waals surface area contributed by atoms with Gasteiger partial charge in [0.05, 0.1) is 26.1 Å². The van der Waals surface area contributed by atoms with Gasteiger partial charge in [-0.3, -0.25) is 9.59 Å². The number of hydrogen-bond acceptors (Lipinski definition) is 6. The zero-order valence-electron chi connectivity index (χ0n) is 19.9. The number of nitrogens with one attached hydrogen (secondary N) is 2. The Kier molecular flexibility index (Phi) is 7.77. The summed E-state index contributed by atoms with van der Waals surface area (Å²) in [5, 5.41) is 8.65. The van der Waals surface area contributed by atoms with Crippen LogP contribution >= 0.6 is 0 Å². The van der Waals surface area contributed by atoms with Gasteiger partial charge in [0.1, 0.15) is 5.75 Å². The standard InChI is InChI=1S/C28H25N3O5/c1-34-24-13-6-5-12-23(24)30-27(32)18-36-25-15-14-19(16-26(25)35-2)17-29-31-28(33)22-11-7-9-20-8-3-4-10-21(20)22/h3-17H,18H2,1-2H3,(H,30,32)(H,31,33)/b29-17-. The van der Waals surface area contributed by atoms with Gasteiger partial charge in [-0.05, 0) is 52.7 Å². The fraction of sp³-hybridized carbons (Fsp3) is 0.107. The van der Waals surface area contributed by atoms with Crippen LogP contribution in [0.4, 0.5) is 5.69 Å². The maximum Gasteiger partial charge on any atom is 0.271 e. The lowest BCUT2D eigenvalue weighted by Gasteiger charge is -2.12. The Labute approximate surface area is 208 Å². The normalized spacial score (nSPS) is 10.7. The van der Waals surface area contributed by atoms with E-state index in [1.165, 1.54) is 20.4 Å². The molecule has 2 amide bonds. The van der Waals surface area contributed by atoms with Crippen LogP contribution in [0.25, 0.3) is 10.8 Å². The van der Waals surface area contributed by atoms with E-state index in [0.717, 1.165) is 10.8 Å². The second kappa shape index (κ2) is 11.5. The SMILES string of the molecule is COc1ccccc1NC(=O)COc1ccc(/C=N\NC(=O)c2cccc3ccccc23)cc1OC. The molecular weight excluding hydrogens is 458 g/mol. The third-order valence-corrected chi connectivity index (χ3v) is 5.34. The maximum atomic E-state index is 12.6.